The molecule has 0 aromatic carbocycles. The summed E-state index contributed by atoms with van der Waals surface area (Å²) in [7, 11) is 0. The zero-order chi connectivity index (χ0) is 16.5. The second kappa shape index (κ2) is 5.95. The third-order valence-corrected chi connectivity index (χ3v) is 4.15. The molecule has 1 saturated carbocycles. The number of aromatic nitrogens is 4. The van der Waals surface area contributed by atoms with Crippen molar-refractivity contribution in [3.8, 4) is 0 Å². The van der Waals surface area contributed by atoms with Crippen molar-refractivity contribution in [2.45, 2.75) is 19.3 Å². The highest BCUT2D eigenvalue weighted by Crippen LogP contribution is 2.47. The number of anilines is 1. The number of carbonyl (C=O) groups is 1. The number of amides is 1. The average molecular weight is 326 g/mol. The fourth-order valence-electron chi connectivity index (χ4n) is 2.87. The second-order valence-corrected chi connectivity index (χ2v) is 5.94. The molecule has 24 heavy (non-hydrogen) atoms. The third-order valence-electron chi connectivity index (χ3n) is 4.15. The van der Waals surface area contributed by atoms with E-state index in [2.05, 4.69) is 25.7 Å². The molecule has 3 aromatic heterocycles. The van der Waals surface area contributed by atoms with Crippen molar-refractivity contribution in [2.24, 2.45) is 5.92 Å². The lowest BCUT2D eigenvalue weighted by atomic mass is 10.2. The van der Waals surface area contributed by atoms with Crippen molar-refractivity contribution >= 4 is 17.5 Å². The van der Waals surface area contributed by atoms with Crippen molar-refractivity contribution in [3.05, 3.63) is 42.2 Å². The average Bonchev–Trinajstić information content (AvgIpc) is 2.98. The Bertz CT molecular complexity index is 857. The maximum absolute atomic E-state index is 12.1. The van der Waals surface area contributed by atoms with E-state index in [0.717, 1.165) is 23.7 Å². The molecule has 1 aliphatic rings. The van der Waals surface area contributed by atoms with Gasteiger partial charge in [-0.3, -0.25) is 4.79 Å². The van der Waals surface area contributed by atoms with Crippen molar-refractivity contribution in [3.63, 3.8) is 0 Å². The lowest BCUT2D eigenvalue weighted by Crippen LogP contribution is -2.30. The van der Waals surface area contributed by atoms with E-state index < -0.39 is 0 Å². The van der Waals surface area contributed by atoms with Crippen LogP contribution in [0, 0.1) is 12.8 Å². The molecule has 1 amide bonds. The van der Waals surface area contributed by atoms with Crippen LogP contribution in [-0.2, 0) is 4.79 Å². The largest absolute Gasteiger partial charge is 0.469 e. The molecule has 4 rings (SSSR count). The molecule has 8 heteroatoms. The predicted octanol–water partition coefficient (Wildman–Crippen LogP) is 1.36. The number of hydrogen-bond donors (Lipinski definition) is 2. The fourth-order valence-corrected chi connectivity index (χ4v) is 2.87. The van der Waals surface area contributed by atoms with Gasteiger partial charge < -0.3 is 15.1 Å². The Morgan fingerprint density at radius 3 is 3.21 bits per heavy atom. The minimum atomic E-state index is 0.0290. The summed E-state index contributed by atoms with van der Waals surface area (Å²) in [6.45, 7) is 3.05. The van der Waals surface area contributed by atoms with Crippen LogP contribution < -0.4 is 10.6 Å². The van der Waals surface area contributed by atoms with Gasteiger partial charge >= 0.3 is 0 Å². The summed E-state index contributed by atoms with van der Waals surface area (Å²) in [4.78, 5) is 20.5. The van der Waals surface area contributed by atoms with Gasteiger partial charge in [-0.15, -0.1) is 0 Å². The molecule has 0 bridgehead atoms. The maximum Gasteiger partial charge on any atom is 0.254 e. The Kier molecular flexibility index (Phi) is 3.64. The number of nitrogens with zero attached hydrogens (tertiary/aromatic N) is 4. The molecule has 0 aliphatic heterocycles. The summed E-state index contributed by atoms with van der Waals surface area (Å²) in [5, 5.41) is 10.3. The van der Waals surface area contributed by atoms with Crippen LogP contribution in [0.3, 0.4) is 0 Å². The van der Waals surface area contributed by atoms with E-state index in [9.17, 15) is 4.79 Å². The summed E-state index contributed by atoms with van der Waals surface area (Å²) in [6, 6.07) is 5.68. The summed E-state index contributed by atoms with van der Waals surface area (Å²) in [5.41, 5.74) is 0.862. The monoisotopic (exact) mass is 326 g/mol. The first-order valence-electron chi connectivity index (χ1n) is 7.95. The Hall–Kier alpha value is -2.90. The van der Waals surface area contributed by atoms with E-state index in [0.29, 0.717) is 18.9 Å². The van der Waals surface area contributed by atoms with Gasteiger partial charge in [0.05, 0.1) is 6.26 Å². The topological polar surface area (TPSA) is 97.3 Å². The molecule has 2 atom stereocenters. The van der Waals surface area contributed by atoms with Crippen LogP contribution in [0.25, 0.3) is 5.78 Å². The molecule has 1 aliphatic carbocycles. The highest BCUT2D eigenvalue weighted by molar-refractivity contribution is 5.82. The van der Waals surface area contributed by atoms with E-state index in [1.807, 2.05) is 25.1 Å². The first kappa shape index (κ1) is 14.7. The zero-order valence-electron chi connectivity index (χ0n) is 13.3. The van der Waals surface area contributed by atoms with Gasteiger partial charge in [-0.05, 0) is 25.5 Å². The minimum Gasteiger partial charge on any atom is -0.469 e. The molecule has 2 N–H and O–H groups in total. The van der Waals surface area contributed by atoms with Crippen molar-refractivity contribution in [1.29, 1.82) is 0 Å². The first-order valence-corrected chi connectivity index (χ1v) is 7.95. The fraction of sp³-hybridized carbons (Fsp3) is 0.375. The summed E-state index contributed by atoms with van der Waals surface area (Å²) in [6.07, 6.45) is 3.97. The quantitative estimate of drug-likeness (QED) is 0.664. The molecule has 0 spiro atoms. The van der Waals surface area contributed by atoms with Gasteiger partial charge in [-0.25, -0.2) is 4.98 Å². The van der Waals surface area contributed by atoms with Crippen LogP contribution in [0.5, 0.6) is 0 Å². The van der Waals surface area contributed by atoms with Gasteiger partial charge in [-0.1, -0.05) is 0 Å². The second-order valence-electron chi connectivity index (χ2n) is 5.94. The van der Waals surface area contributed by atoms with E-state index in [1.54, 1.807) is 10.8 Å². The Balaban J connectivity index is 1.27. The van der Waals surface area contributed by atoms with Crippen LogP contribution in [0.1, 0.15) is 23.8 Å². The van der Waals surface area contributed by atoms with Crippen LogP contribution in [-0.4, -0.2) is 38.6 Å². The smallest absolute Gasteiger partial charge is 0.254 e. The lowest BCUT2D eigenvalue weighted by molar-refractivity contribution is -0.122. The van der Waals surface area contributed by atoms with Gasteiger partial charge in [0.2, 0.25) is 5.91 Å². The molecule has 0 radical (unpaired) electrons. The van der Waals surface area contributed by atoms with Crippen molar-refractivity contribution in [1.82, 2.24) is 24.9 Å². The Labute approximate surface area is 138 Å². The minimum absolute atomic E-state index is 0.0290. The molecule has 8 nitrogen and oxygen atoms in total. The van der Waals surface area contributed by atoms with Gasteiger partial charge in [-0.2, -0.15) is 14.6 Å². The van der Waals surface area contributed by atoms with E-state index in [-0.39, 0.29) is 17.7 Å². The normalized spacial score (nSPS) is 19.4. The van der Waals surface area contributed by atoms with Crippen LogP contribution in [0.4, 0.5) is 5.82 Å². The van der Waals surface area contributed by atoms with Crippen molar-refractivity contribution in [2.75, 3.05) is 18.4 Å². The first-order chi connectivity index (χ1) is 11.7. The Morgan fingerprint density at radius 2 is 2.38 bits per heavy atom. The molecular weight excluding hydrogens is 308 g/mol. The number of fused-ring (bicyclic) bond motifs is 1. The van der Waals surface area contributed by atoms with E-state index >= 15 is 0 Å². The number of furan rings is 1. The molecule has 1 fully saturated rings. The number of aryl methyl sites for hydroxylation is 1. The van der Waals surface area contributed by atoms with Crippen LogP contribution >= 0.6 is 0 Å². The summed E-state index contributed by atoms with van der Waals surface area (Å²) >= 11 is 0. The SMILES string of the molecule is Cc1cc(NCCNC(=O)[C@@H]2C[C@@H]2c2ccco2)n2ncnc2n1. The van der Waals surface area contributed by atoms with Gasteiger partial charge in [0.25, 0.3) is 5.78 Å². The van der Waals surface area contributed by atoms with Crippen molar-refractivity contribution < 1.29 is 9.21 Å². The summed E-state index contributed by atoms with van der Waals surface area (Å²) < 4.78 is 6.99. The maximum atomic E-state index is 12.1. The molecule has 0 unspecified atom stereocenters. The summed E-state index contributed by atoms with van der Waals surface area (Å²) in [5.74, 6) is 2.60. The number of hydrogen-bond acceptors (Lipinski definition) is 6. The molecular formula is C16H18N6O2. The van der Waals surface area contributed by atoms with Crippen LogP contribution in [0.15, 0.2) is 35.2 Å². The molecule has 3 heterocycles. The van der Waals surface area contributed by atoms with Gasteiger partial charge in [0.1, 0.15) is 17.9 Å². The van der Waals surface area contributed by atoms with E-state index in [4.69, 9.17) is 4.42 Å². The van der Waals surface area contributed by atoms with Crippen LogP contribution in [0.2, 0.25) is 0 Å². The molecule has 3 aromatic rings. The van der Waals surface area contributed by atoms with Gasteiger partial charge in [0, 0.05) is 36.7 Å². The molecule has 124 valence electrons. The standard InChI is InChI=1S/C16H18N6O2/c1-10-7-14(22-16(21-10)19-9-20-22)17-4-5-18-15(23)12-8-11(12)13-3-2-6-24-13/h2-3,6-7,9,11-12,17H,4-5,8H2,1H3,(H,18,23)/t11-,12+/m0/s1. The highest BCUT2D eigenvalue weighted by Gasteiger charge is 2.45. The molecule has 0 saturated heterocycles. The third kappa shape index (κ3) is 2.82. The zero-order valence-corrected chi connectivity index (χ0v) is 13.3. The highest BCUT2D eigenvalue weighted by atomic mass is 16.3. The Morgan fingerprint density at radius 1 is 1.46 bits per heavy atom. The van der Waals surface area contributed by atoms with Gasteiger partial charge in [0.15, 0.2) is 0 Å². The lowest BCUT2D eigenvalue weighted by Gasteiger charge is -2.09. The van der Waals surface area contributed by atoms with E-state index in [1.165, 1.54) is 6.33 Å². The number of carbonyl (C=O) groups excluding carboxylic acids is 1. The number of rotatable bonds is 6. The predicted molar refractivity (Wildman–Crippen MR) is 86.6 cm³/mol. The number of nitrogens with one attached hydrogen (secondary N) is 2.